The normalized spacial score (nSPS) is 11.6. The number of rotatable bonds is 5. The molecule has 266 valence electrons. The maximum atomic E-state index is 5.30. The molecular weight excluding hydrogens is 679 g/mol. The molecule has 0 fully saturated rings. The van der Waals surface area contributed by atoms with E-state index < -0.39 is 0 Å². The summed E-state index contributed by atoms with van der Waals surface area (Å²) in [7, 11) is 0. The van der Waals surface area contributed by atoms with Crippen molar-refractivity contribution >= 4 is 43.1 Å². The molecule has 0 unspecified atom stereocenters. The highest BCUT2D eigenvalue weighted by Gasteiger charge is 2.23. The van der Waals surface area contributed by atoms with Crippen LogP contribution in [0.4, 0.5) is 0 Å². The largest absolute Gasteiger partial charge is 0.208 e. The highest BCUT2D eigenvalue weighted by Crippen LogP contribution is 2.50. The van der Waals surface area contributed by atoms with Crippen molar-refractivity contribution in [1.29, 1.82) is 0 Å². The molecule has 10 aromatic rings. The first-order valence-corrected chi connectivity index (χ1v) is 19.3. The second kappa shape index (κ2) is 13.4. The lowest BCUT2D eigenvalue weighted by atomic mass is 9.81. The Labute approximate surface area is 327 Å². The fraction of sp³-hybridized carbons (Fsp3) is 0.0755. The highest BCUT2D eigenvalue weighted by atomic mass is 15.0. The minimum atomic E-state index is 0.654. The Morgan fingerprint density at radius 2 is 0.661 bits per heavy atom. The Hall–Kier alpha value is -6.97. The predicted molar refractivity (Wildman–Crippen MR) is 236 cm³/mol. The van der Waals surface area contributed by atoms with E-state index in [1.54, 1.807) is 0 Å². The van der Waals surface area contributed by atoms with Gasteiger partial charge in [0.15, 0.2) is 17.5 Å². The maximum Gasteiger partial charge on any atom is 0.164 e. The summed E-state index contributed by atoms with van der Waals surface area (Å²) in [5.74, 6) is 2.03. The standard InChI is InChI=1S/C53H39N3/c1-32-17-15-18-33(2)45(32)52-54-51(55-53(56-52)46-34(3)19-16-20-35(46)4)38-29-30-43-44(31-38)48(37-23-9-6-10-24-37)50-42-28-14-12-26-40(42)39-25-11-13-27-41(39)49(50)47(43)36-21-7-5-8-22-36/h5-31H,1-4H3. The van der Waals surface area contributed by atoms with Crippen LogP contribution in [-0.4, -0.2) is 15.0 Å². The summed E-state index contributed by atoms with van der Waals surface area (Å²) in [4.78, 5) is 15.8. The van der Waals surface area contributed by atoms with E-state index in [1.165, 1.54) is 60.0 Å². The fourth-order valence-corrected chi connectivity index (χ4v) is 8.91. The molecule has 0 aliphatic carbocycles. The van der Waals surface area contributed by atoms with Crippen molar-refractivity contribution in [2.45, 2.75) is 27.7 Å². The molecule has 3 nitrogen and oxygen atoms in total. The number of benzene rings is 9. The molecule has 56 heavy (non-hydrogen) atoms. The molecule has 0 aliphatic rings. The summed E-state index contributed by atoms with van der Waals surface area (Å²) in [5.41, 5.74) is 12.4. The van der Waals surface area contributed by atoms with Crippen LogP contribution in [0.1, 0.15) is 22.3 Å². The van der Waals surface area contributed by atoms with E-state index in [4.69, 9.17) is 15.0 Å². The second-order valence-electron chi connectivity index (χ2n) is 14.9. The van der Waals surface area contributed by atoms with E-state index in [1.807, 2.05) is 0 Å². The van der Waals surface area contributed by atoms with Crippen LogP contribution < -0.4 is 0 Å². The van der Waals surface area contributed by atoms with Crippen LogP contribution in [0, 0.1) is 27.7 Å². The van der Waals surface area contributed by atoms with Gasteiger partial charge < -0.3 is 0 Å². The first-order valence-electron chi connectivity index (χ1n) is 19.3. The molecule has 0 atom stereocenters. The van der Waals surface area contributed by atoms with Crippen LogP contribution in [0.15, 0.2) is 164 Å². The van der Waals surface area contributed by atoms with Gasteiger partial charge in [-0.15, -0.1) is 0 Å². The van der Waals surface area contributed by atoms with Gasteiger partial charge in [0.2, 0.25) is 0 Å². The molecule has 10 rings (SSSR count). The minimum absolute atomic E-state index is 0.654. The van der Waals surface area contributed by atoms with Crippen molar-refractivity contribution < 1.29 is 0 Å². The van der Waals surface area contributed by atoms with Crippen LogP contribution in [-0.2, 0) is 0 Å². The van der Waals surface area contributed by atoms with E-state index >= 15 is 0 Å². The molecule has 0 radical (unpaired) electrons. The summed E-state index contributed by atoms with van der Waals surface area (Å²) in [6.07, 6.45) is 0. The monoisotopic (exact) mass is 717 g/mol. The third-order valence-electron chi connectivity index (χ3n) is 11.4. The summed E-state index contributed by atoms with van der Waals surface area (Å²) in [6.45, 7) is 8.54. The van der Waals surface area contributed by atoms with Crippen molar-refractivity contribution in [3.8, 4) is 56.4 Å². The Morgan fingerprint density at radius 3 is 1.12 bits per heavy atom. The number of aromatic nitrogens is 3. The fourth-order valence-electron chi connectivity index (χ4n) is 8.91. The molecule has 0 aliphatic heterocycles. The Bertz CT molecular complexity index is 3050. The number of nitrogens with zero attached hydrogens (tertiary/aromatic N) is 3. The van der Waals surface area contributed by atoms with Gasteiger partial charge in [-0.25, -0.2) is 15.0 Å². The maximum absolute atomic E-state index is 5.30. The van der Waals surface area contributed by atoms with E-state index in [0.29, 0.717) is 17.5 Å². The van der Waals surface area contributed by atoms with Gasteiger partial charge in [-0.2, -0.15) is 0 Å². The lowest BCUT2D eigenvalue weighted by Crippen LogP contribution is -2.04. The van der Waals surface area contributed by atoms with Crippen LogP contribution in [0.2, 0.25) is 0 Å². The van der Waals surface area contributed by atoms with Crippen molar-refractivity contribution in [1.82, 2.24) is 15.0 Å². The van der Waals surface area contributed by atoms with Gasteiger partial charge in [0.1, 0.15) is 0 Å². The van der Waals surface area contributed by atoms with Crippen LogP contribution in [0.3, 0.4) is 0 Å². The lowest BCUT2D eigenvalue weighted by molar-refractivity contribution is 1.06. The highest BCUT2D eigenvalue weighted by molar-refractivity contribution is 6.36. The molecule has 9 aromatic carbocycles. The van der Waals surface area contributed by atoms with Gasteiger partial charge in [0.05, 0.1) is 0 Å². The molecule has 3 heteroatoms. The minimum Gasteiger partial charge on any atom is -0.208 e. The topological polar surface area (TPSA) is 38.7 Å². The zero-order valence-corrected chi connectivity index (χ0v) is 31.9. The van der Waals surface area contributed by atoms with Gasteiger partial charge in [-0.3, -0.25) is 0 Å². The Kier molecular flexibility index (Phi) is 8.04. The van der Waals surface area contributed by atoms with E-state index in [-0.39, 0.29) is 0 Å². The lowest BCUT2D eigenvalue weighted by Gasteiger charge is -2.22. The van der Waals surface area contributed by atoms with Gasteiger partial charge in [0.25, 0.3) is 0 Å². The van der Waals surface area contributed by atoms with E-state index in [2.05, 4.69) is 191 Å². The van der Waals surface area contributed by atoms with Gasteiger partial charge in [0, 0.05) is 16.7 Å². The number of aryl methyl sites for hydroxylation is 4. The average Bonchev–Trinajstić information content (AvgIpc) is 3.23. The zero-order valence-electron chi connectivity index (χ0n) is 31.9. The molecule has 0 spiro atoms. The Balaban J connectivity index is 1.38. The van der Waals surface area contributed by atoms with Crippen molar-refractivity contribution in [3.63, 3.8) is 0 Å². The number of hydrogen-bond acceptors (Lipinski definition) is 3. The molecule has 1 heterocycles. The average molecular weight is 718 g/mol. The number of hydrogen-bond donors (Lipinski definition) is 0. The van der Waals surface area contributed by atoms with Crippen LogP contribution in [0.25, 0.3) is 99.5 Å². The first-order chi connectivity index (χ1) is 27.5. The Morgan fingerprint density at radius 1 is 0.268 bits per heavy atom. The van der Waals surface area contributed by atoms with Crippen LogP contribution >= 0.6 is 0 Å². The van der Waals surface area contributed by atoms with Crippen molar-refractivity contribution in [2.24, 2.45) is 0 Å². The molecule has 0 N–H and O–H groups in total. The predicted octanol–water partition coefficient (Wildman–Crippen LogP) is 14.1. The van der Waals surface area contributed by atoms with Crippen LogP contribution in [0.5, 0.6) is 0 Å². The third kappa shape index (κ3) is 5.39. The first kappa shape index (κ1) is 33.6. The molecule has 1 aromatic heterocycles. The van der Waals surface area contributed by atoms with E-state index in [9.17, 15) is 0 Å². The van der Waals surface area contributed by atoms with Crippen molar-refractivity contribution in [3.05, 3.63) is 186 Å². The summed E-state index contributed by atoms with van der Waals surface area (Å²) < 4.78 is 0. The van der Waals surface area contributed by atoms with E-state index in [0.717, 1.165) is 44.3 Å². The molecule has 0 saturated carbocycles. The van der Waals surface area contributed by atoms with Gasteiger partial charge >= 0.3 is 0 Å². The molecule has 0 amide bonds. The molecule has 0 bridgehead atoms. The van der Waals surface area contributed by atoms with Gasteiger partial charge in [-0.1, -0.05) is 158 Å². The molecule has 0 saturated heterocycles. The zero-order chi connectivity index (χ0) is 37.9. The SMILES string of the molecule is Cc1cccc(C)c1-c1nc(-c2ccc3c(-c4ccccc4)c4c5ccccc5c5ccccc5c4c(-c4ccccc4)c3c2)nc(-c2c(C)cccc2C)n1. The summed E-state index contributed by atoms with van der Waals surface area (Å²) in [5, 5.41) is 9.84. The molecular formula is C53H39N3. The van der Waals surface area contributed by atoms with Gasteiger partial charge in [-0.05, 0) is 121 Å². The quantitative estimate of drug-likeness (QED) is 0.131. The number of fused-ring (bicyclic) bond motifs is 7. The second-order valence-corrected chi connectivity index (χ2v) is 14.9. The third-order valence-corrected chi connectivity index (χ3v) is 11.4. The summed E-state index contributed by atoms with van der Waals surface area (Å²) >= 11 is 0. The smallest absolute Gasteiger partial charge is 0.164 e. The van der Waals surface area contributed by atoms with Crippen molar-refractivity contribution in [2.75, 3.05) is 0 Å². The summed E-state index contributed by atoms with van der Waals surface area (Å²) in [6, 6.07) is 59.1.